The van der Waals surface area contributed by atoms with E-state index in [1.807, 2.05) is 24.3 Å². The second-order valence-corrected chi connectivity index (χ2v) is 4.47. The fourth-order valence-corrected chi connectivity index (χ4v) is 1.76. The highest BCUT2D eigenvalue weighted by Gasteiger charge is 2.08. The fraction of sp³-hybridized carbons (Fsp3) is 0.188. The van der Waals surface area contributed by atoms with Crippen LogP contribution in [0.1, 0.15) is 28.4 Å². The first-order chi connectivity index (χ1) is 9.10. The SMILES string of the molecule is CCc1ccc(NC(=O)c2ccc(C)c(F)c2)cc1. The largest absolute Gasteiger partial charge is 0.322 e. The van der Waals surface area contributed by atoms with Crippen LogP contribution in [0.4, 0.5) is 10.1 Å². The van der Waals surface area contributed by atoms with Crippen LogP contribution in [-0.2, 0) is 6.42 Å². The van der Waals surface area contributed by atoms with E-state index < -0.39 is 0 Å². The van der Waals surface area contributed by atoms with Gasteiger partial charge in [-0.05, 0) is 48.7 Å². The molecule has 0 aliphatic heterocycles. The molecule has 0 aliphatic rings. The zero-order valence-corrected chi connectivity index (χ0v) is 11.0. The van der Waals surface area contributed by atoms with Gasteiger partial charge < -0.3 is 5.32 Å². The molecule has 98 valence electrons. The quantitative estimate of drug-likeness (QED) is 0.886. The van der Waals surface area contributed by atoms with Gasteiger partial charge in [-0.3, -0.25) is 4.79 Å². The fourth-order valence-electron chi connectivity index (χ4n) is 1.76. The van der Waals surface area contributed by atoms with Crippen molar-refractivity contribution in [2.75, 3.05) is 5.32 Å². The van der Waals surface area contributed by atoms with E-state index in [9.17, 15) is 9.18 Å². The number of rotatable bonds is 3. The number of aryl methyl sites for hydroxylation is 2. The first-order valence-corrected chi connectivity index (χ1v) is 6.26. The lowest BCUT2D eigenvalue weighted by Crippen LogP contribution is -2.12. The summed E-state index contributed by atoms with van der Waals surface area (Å²) < 4.78 is 13.4. The third-order valence-electron chi connectivity index (χ3n) is 3.05. The number of hydrogen-bond acceptors (Lipinski definition) is 1. The molecular formula is C16H16FNO. The lowest BCUT2D eigenvalue weighted by Gasteiger charge is -2.07. The minimum atomic E-state index is -0.367. The van der Waals surface area contributed by atoms with Gasteiger partial charge >= 0.3 is 0 Å². The third-order valence-corrected chi connectivity index (χ3v) is 3.05. The molecule has 0 aromatic heterocycles. The van der Waals surface area contributed by atoms with E-state index in [0.29, 0.717) is 16.8 Å². The molecule has 0 fully saturated rings. The molecule has 0 unspecified atom stereocenters. The summed E-state index contributed by atoms with van der Waals surface area (Å²) >= 11 is 0. The van der Waals surface area contributed by atoms with Crippen LogP contribution >= 0.6 is 0 Å². The molecule has 2 aromatic rings. The van der Waals surface area contributed by atoms with Crippen LogP contribution in [0.25, 0.3) is 0 Å². The average molecular weight is 257 g/mol. The molecule has 0 saturated carbocycles. The van der Waals surface area contributed by atoms with E-state index in [0.717, 1.165) is 6.42 Å². The average Bonchev–Trinajstić information content (AvgIpc) is 2.42. The molecule has 2 nitrogen and oxygen atoms in total. The van der Waals surface area contributed by atoms with Gasteiger partial charge in [0.25, 0.3) is 5.91 Å². The molecule has 0 heterocycles. The number of halogens is 1. The van der Waals surface area contributed by atoms with Crippen LogP contribution in [-0.4, -0.2) is 5.91 Å². The Morgan fingerprint density at radius 3 is 2.42 bits per heavy atom. The van der Waals surface area contributed by atoms with Crippen molar-refractivity contribution in [3.05, 3.63) is 65.0 Å². The van der Waals surface area contributed by atoms with Crippen LogP contribution in [0.2, 0.25) is 0 Å². The summed E-state index contributed by atoms with van der Waals surface area (Å²) in [5, 5.41) is 2.75. The molecule has 0 aliphatic carbocycles. The van der Waals surface area contributed by atoms with Crippen molar-refractivity contribution in [1.82, 2.24) is 0 Å². The molecule has 2 rings (SSSR count). The summed E-state index contributed by atoms with van der Waals surface area (Å²) in [5.41, 5.74) is 2.77. The number of carbonyl (C=O) groups is 1. The summed E-state index contributed by atoms with van der Waals surface area (Å²) in [4.78, 5) is 12.0. The normalized spacial score (nSPS) is 10.3. The van der Waals surface area contributed by atoms with Gasteiger partial charge in [0.05, 0.1) is 0 Å². The minimum Gasteiger partial charge on any atom is -0.322 e. The molecule has 3 heteroatoms. The van der Waals surface area contributed by atoms with Crippen molar-refractivity contribution < 1.29 is 9.18 Å². The smallest absolute Gasteiger partial charge is 0.255 e. The van der Waals surface area contributed by atoms with E-state index in [-0.39, 0.29) is 11.7 Å². The molecule has 0 bridgehead atoms. The van der Waals surface area contributed by atoms with Crippen LogP contribution < -0.4 is 5.32 Å². The standard InChI is InChI=1S/C16H16FNO/c1-3-12-5-8-14(9-6-12)18-16(19)13-7-4-11(2)15(17)10-13/h4-10H,3H2,1-2H3,(H,18,19). The molecule has 0 atom stereocenters. The van der Waals surface area contributed by atoms with Crippen molar-refractivity contribution >= 4 is 11.6 Å². The Hall–Kier alpha value is -2.16. The van der Waals surface area contributed by atoms with Crippen molar-refractivity contribution in [3.8, 4) is 0 Å². The zero-order valence-electron chi connectivity index (χ0n) is 11.0. The maximum absolute atomic E-state index is 13.4. The lowest BCUT2D eigenvalue weighted by atomic mass is 10.1. The van der Waals surface area contributed by atoms with Crippen LogP contribution in [0.15, 0.2) is 42.5 Å². The number of carbonyl (C=O) groups excluding carboxylic acids is 1. The summed E-state index contributed by atoms with van der Waals surface area (Å²) in [5.74, 6) is -0.669. The Kier molecular flexibility index (Phi) is 3.95. The number of amides is 1. The second-order valence-electron chi connectivity index (χ2n) is 4.47. The van der Waals surface area contributed by atoms with Crippen LogP contribution in [0.5, 0.6) is 0 Å². The van der Waals surface area contributed by atoms with Gasteiger partial charge in [-0.1, -0.05) is 25.1 Å². The first kappa shape index (κ1) is 13.3. The Bertz CT molecular complexity index is 590. The third kappa shape index (κ3) is 3.19. The molecule has 0 radical (unpaired) electrons. The predicted molar refractivity (Wildman–Crippen MR) is 74.9 cm³/mol. The monoisotopic (exact) mass is 257 g/mol. The zero-order chi connectivity index (χ0) is 13.8. The van der Waals surface area contributed by atoms with Gasteiger partial charge in [0.1, 0.15) is 5.82 Å². The maximum Gasteiger partial charge on any atom is 0.255 e. The van der Waals surface area contributed by atoms with Gasteiger partial charge in [0.2, 0.25) is 0 Å². The van der Waals surface area contributed by atoms with Gasteiger partial charge in [0.15, 0.2) is 0 Å². The lowest BCUT2D eigenvalue weighted by molar-refractivity contribution is 0.102. The maximum atomic E-state index is 13.4. The molecule has 0 saturated heterocycles. The highest BCUT2D eigenvalue weighted by molar-refractivity contribution is 6.04. The van der Waals surface area contributed by atoms with Crippen molar-refractivity contribution in [1.29, 1.82) is 0 Å². The number of anilines is 1. The van der Waals surface area contributed by atoms with E-state index >= 15 is 0 Å². The highest BCUT2D eigenvalue weighted by atomic mass is 19.1. The van der Waals surface area contributed by atoms with Crippen LogP contribution in [0.3, 0.4) is 0 Å². The van der Waals surface area contributed by atoms with Crippen molar-refractivity contribution in [3.63, 3.8) is 0 Å². The van der Waals surface area contributed by atoms with Gasteiger partial charge in [-0.2, -0.15) is 0 Å². The van der Waals surface area contributed by atoms with Gasteiger partial charge in [-0.25, -0.2) is 4.39 Å². The van der Waals surface area contributed by atoms with E-state index in [2.05, 4.69) is 12.2 Å². The number of benzene rings is 2. The molecule has 1 amide bonds. The summed E-state index contributed by atoms with van der Waals surface area (Å²) in [6.07, 6.45) is 0.956. The Balaban J connectivity index is 2.13. The highest BCUT2D eigenvalue weighted by Crippen LogP contribution is 2.14. The van der Waals surface area contributed by atoms with E-state index in [4.69, 9.17) is 0 Å². The van der Waals surface area contributed by atoms with Gasteiger partial charge in [0, 0.05) is 11.3 Å². The van der Waals surface area contributed by atoms with Gasteiger partial charge in [-0.15, -0.1) is 0 Å². The minimum absolute atomic E-state index is 0.303. The Morgan fingerprint density at radius 1 is 1.16 bits per heavy atom. The molecule has 2 aromatic carbocycles. The summed E-state index contributed by atoms with van der Waals surface area (Å²) in [6.45, 7) is 3.74. The van der Waals surface area contributed by atoms with Crippen LogP contribution in [0, 0.1) is 12.7 Å². The van der Waals surface area contributed by atoms with Crippen molar-refractivity contribution in [2.45, 2.75) is 20.3 Å². The first-order valence-electron chi connectivity index (χ1n) is 6.26. The topological polar surface area (TPSA) is 29.1 Å². The Labute approximate surface area is 112 Å². The number of nitrogens with one attached hydrogen (secondary N) is 1. The summed E-state index contributed by atoms with van der Waals surface area (Å²) in [7, 11) is 0. The molecule has 1 N–H and O–H groups in total. The van der Waals surface area contributed by atoms with E-state index in [1.54, 1.807) is 19.1 Å². The predicted octanol–water partition coefficient (Wildman–Crippen LogP) is 3.95. The Morgan fingerprint density at radius 2 is 1.84 bits per heavy atom. The van der Waals surface area contributed by atoms with Crippen molar-refractivity contribution in [2.24, 2.45) is 0 Å². The molecule has 19 heavy (non-hydrogen) atoms. The second kappa shape index (κ2) is 5.65. The molecule has 0 spiro atoms. The number of hydrogen-bond donors (Lipinski definition) is 1. The van der Waals surface area contributed by atoms with E-state index in [1.165, 1.54) is 11.6 Å². The molecular weight excluding hydrogens is 241 g/mol. The summed E-state index contributed by atoms with van der Waals surface area (Å²) in [6, 6.07) is 12.1.